The third kappa shape index (κ3) is 4.82. The maximum atomic E-state index is 12.2. The standard InChI is InChI=1S/C20H24ClNO4/c1-12-8-16(9-13(2)20(12)21)26-11-19(23)22-14(3)15-6-7-17(24-4)18(10-15)25-5/h6-10,14H,11H2,1-5H3,(H,22,23)/t14-/m0/s1. The van der Waals surface area contributed by atoms with Crippen molar-refractivity contribution in [2.24, 2.45) is 0 Å². The van der Waals surface area contributed by atoms with Gasteiger partial charge in [0.2, 0.25) is 0 Å². The maximum absolute atomic E-state index is 12.2. The highest BCUT2D eigenvalue weighted by Crippen LogP contribution is 2.30. The highest BCUT2D eigenvalue weighted by molar-refractivity contribution is 6.32. The second kappa shape index (κ2) is 8.81. The van der Waals surface area contributed by atoms with E-state index in [-0.39, 0.29) is 18.6 Å². The van der Waals surface area contributed by atoms with Crippen LogP contribution in [-0.2, 0) is 4.79 Å². The number of nitrogens with one attached hydrogen (secondary N) is 1. The Balaban J connectivity index is 1.97. The molecule has 1 amide bonds. The number of methoxy groups -OCH3 is 2. The summed E-state index contributed by atoms with van der Waals surface area (Å²) >= 11 is 6.14. The number of benzene rings is 2. The summed E-state index contributed by atoms with van der Waals surface area (Å²) in [7, 11) is 3.16. The zero-order valence-corrected chi connectivity index (χ0v) is 16.4. The molecule has 0 spiro atoms. The second-order valence-electron chi connectivity index (χ2n) is 6.06. The minimum atomic E-state index is -0.211. The Morgan fingerprint density at radius 3 is 2.27 bits per heavy atom. The van der Waals surface area contributed by atoms with Gasteiger partial charge >= 0.3 is 0 Å². The molecule has 0 aliphatic rings. The summed E-state index contributed by atoms with van der Waals surface area (Å²) in [6.45, 7) is 5.64. The third-order valence-electron chi connectivity index (χ3n) is 4.06. The van der Waals surface area contributed by atoms with E-state index in [1.807, 2.05) is 51.1 Å². The molecule has 6 heteroatoms. The first-order chi connectivity index (χ1) is 12.3. The number of ether oxygens (including phenoxy) is 3. The second-order valence-corrected chi connectivity index (χ2v) is 6.44. The van der Waals surface area contributed by atoms with Crippen molar-refractivity contribution < 1.29 is 19.0 Å². The van der Waals surface area contributed by atoms with E-state index in [4.69, 9.17) is 25.8 Å². The molecule has 0 heterocycles. The number of amides is 1. The summed E-state index contributed by atoms with van der Waals surface area (Å²) in [5.41, 5.74) is 2.75. The Morgan fingerprint density at radius 2 is 1.69 bits per heavy atom. The molecule has 2 rings (SSSR count). The molecule has 140 valence electrons. The third-order valence-corrected chi connectivity index (χ3v) is 4.66. The molecule has 0 bridgehead atoms. The van der Waals surface area contributed by atoms with Crippen molar-refractivity contribution in [3.8, 4) is 17.2 Å². The van der Waals surface area contributed by atoms with Gasteiger partial charge in [0.05, 0.1) is 20.3 Å². The van der Waals surface area contributed by atoms with Crippen molar-refractivity contribution in [1.82, 2.24) is 5.32 Å². The van der Waals surface area contributed by atoms with Crippen LogP contribution in [-0.4, -0.2) is 26.7 Å². The minimum absolute atomic E-state index is 0.0713. The molecule has 2 aromatic rings. The fraction of sp³-hybridized carbons (Fsp3) is 0.350. The van der Waals surface area contributed by atoms with Gasteiger partial charge in [0, 0.05) is 5.02 Å². The topological polar surface area (TPSA) is 56.8 Å². The molecular formula is C20H24ClNO4. The number of hydrogen-bond acceptors (Lipinski definition) is 4. The molecule has 0 saturated heterocycles. The van der Waals surface area contributed by atoms with Crippen molar-refractivity contribution in [2.75, 3.05) is 20.8 Å². The number of hydrogen-bond donors (Lipinski definition) is 1. The largest absolute Gasteiger partial charge is 0.493 e. The Kier molecular flexibility index (Phi) is 6.75. The van der Waals surface area contributed by atoms with Gasteiger partial charge in [-0.3, -0.25) is 4.79 Å². The fourth-order valence-corrected chi connectivity index (χ4v) is 2.74. The summed E-state index contributed by atoms with van der Waals surface area (Å²) in [5, 5.41) is 3.62. The van der Waals surface area contributed by atoms with Crippen molar-refractivity contribution in [3.05, 3.63) is 52.0 Å². The molecular weight excluding hydrogens is 354 g/mol. The summed E-state index contributed by atoms with van der Waals surface area (Å²) in [6, 6.07) is 8.99. The molecule has 5 nitrogen and oxygen atoms in total. The van der Waals surface area contributed by atoms with Crippen LogP contribution in [0.2, 0.25) is 5.02 Å². The van der Waals surface area contributed by atoms with E-state index >= 15 is 0 Å². The Morgan fingerprint density at radius 1 is 1.08 bits per heavy atom. The molecule has 0 saturated carbocycles. The van der Waals surface area contributed by atoms with Crippen molar-refractivity contribution >= 4 is 17.5 Å². The molecule has 2 aromatic carbocycles. The van der Waals surface area contributed by atoms with Gasteiger partial charge in [0.15, 0.2) is 18.1 Å². The van der Waals surface area contributed by atoms with Crippen LogP contribution >= 0.6 is 11.6 Å². The Labute approximate surface area is 159 Å². The van der Waals surface area contributed by atoms with E-state index in [1.165, 1.54) is 0 Å². The number of rotatable bonds is 7. The van der Waals surface area contributed by atoms with Crippen LogP contribution in [0.3, 0.4) is 0 Å². The van der Waals surface area contributed by atoms with Gasteiger partial charge < -0.3 is 19.5 Å². The molecule has 0 unspecified atom stereocenters. The average molecular weight is 378 g/mol. The first kappa shape index (κ1) is 19.9. The van der Waals surface area contributed by atoms with E-state index < -0.39 is 0 Å². The Bertz CT molecular complexity index is 768. The fourth-order valence-electron chi connectivity index (χ4n) is 2.63. The smallest absolute Gasteiger partial charge is 0.258 e. The molecule has 1 N–H and O–H groups in total. The number of carbonyl (C=O) groups excluding carboxylic acids is 1. The summed E-state index contributed by atoms with van der Waals surface area (Å²) in [5.74, 6) is 1.68. The molecule has 1 atom stereocenters. The average Bonchev–Trinajstić information content (AvgIpc) is 2.63. The molecule has 0 aliphatic carbocycles. The zero-order chi connectivity index (χ0) is 19.3. The van der Waals surface area contributed by atoms with Crippen LogP contribution < -0.4 is 19.5 Å². The summed E-state index contributed by atoms with van der Waals surface area (Å²) < 4.78 is 16.1. The summed E-state index contributed by atoms with van der Waals surface area (Å²) in [6.07, 6.45) is 0. The zero-order valence-electron chi connectivity index (χ0n) is 15.7. The minimum Gasteiger partial charge on any atom is -0.493 e. The normalized spacial score (nSPS) is 11.6. The first-order valence-electron chi connectivity index (χ1n) is 8.26. The molecule has 0 aromatic heterocycles. The Hall–Kier alpha value is -2.40. The quantitative estimate of drug-likeness (QED) is 0.784. The van der Waals surface area contributed by atoms with Crippen molar-refractivity contribution in [2.45, 2.75) is 26.8 Å². The van der Waals surface area contributed by atoms with Gasteiger partial charge in [-0.15, -0.1) is 0 Å². The number of carbonyl (C=O) groups is 1. The lowest BCUT2D eigenvalue weighted by Gasteiger charge is -2.17. The van der Waals surface area contributed by atoms with Crippen molar-refractivity contribution in [3.63, 3.8) is 0 Å². The van der Waals surface area contributed by atoms with Crippen LogP contribution in [0.5, 0.6) is 17.2 Å². The molecule has 26 heavy (non-hydrogen) atoms. The summed E-state index contributed by atoms with van der Waals surface area (Å²) in [4.78, 5) is 12.2. The van der Waals surface area contributed by atoms with Gasteiger partial charge in [0.25, 0.3) is 5.91 Å². The van der Waals surface area contributed by atoms with E-state index in [0.29, 0.717) is 22.3 Å². The van der Waals surface area contributed by atoms with Crippen LogP contribution in [0.1, 0.15) is 29.7 Å². The molecule has 0 fully saturated rings. The van der Waals surface area contributed by atoms with Crippen LogP contribution in [0.25, 0.3) is 0 Å². The monoisotopic (exact) mass is 377 g/mol. The molecule has 0 radical (unpaired) electrons. The van der Waals surface area contributed by atoms with Gasteiger partial charge in [-0.2, -0.15) is 0 Å². The van der Waals surface area contributed by atoms with E-state index in [9.17, 15) is 4.79 Å². The van der Waals surface area contributed by atoms with Crippen LogP contribution in [0.15, 0.2) is 30.3 Å². The van der Waals surface area contributed by atoms with Crippen molar-refractivity contribution in [1.29, 1.82) is 0 Å². The lowest BCUT2D eigenvalue weighted by Crippen LogP contribution is -2.31. The maximum Gasteiger partial charge on any atom is 0.258 e. The van der Waals surface area contributed by atoms with Crippen LogP contribution in [0.4, 0.5) is 0 Å². The molecule has 0 aliphatic heterocycles. The highest BCUT2D eigenvalue weighted by atomic mass is 35.5. The van der Waals surface area contributed by atoms with E-state index in [2.05, 4.69) is 5.32 Å². The first-order valence-corrected chi connectivity index (χ1v) is 8.64. The highest BCUT2D eigenvalue weighted by Gasteiger charge is 2.13. The predicted octanol–water partition coefficient (Wildman–Crippen LogP) is 4.23. The predicted molar refractivity (Wildman–Crippen MR) is 103 cm³/mol. The number of halogens is 1. The van der Waals surface area contributed by atoms with E-state index in [1.54, 1.807) is 14.2 Å². The SMILES string of the molecule is COc1ccc([C@H](C)NC(=O)COc2cc(C)c(Cl)c(C)c2)cc1OC. The number of aryl methyl sites for hydroxylation is 2. The van der Waals surface area contributed by atoms with Gasteiger partial charge in [-0.25, -0.2) is 0 Å². The lowest BCUT2D eigenvalue weighted by atomic mass is 10.1. The van der Waals surface area contributed by atoms with Gasteiger partial charge in [0.1, 0.15) is 5.75 Å². The lowest BCUT2D eigenvalue weighted by molar-refractivity contribution is -0.123. The van der Waals surface area contributed by atoms with E-state index in [0.717, 1.165) is 16.7 Å². The van der Waals surface area contributed by atoms with Crippen LogP contribution in [0, 0.1) is 13.8 Å². The van der Waals surface area contributed by atoms with Gasteiger partial charge in [-0.05, 0) is 61.7 Å². The van der Waals surface area contributed by atoms with Gasteiger partial charge in [-0.1, -0.05) is 17.7 Å².